The van der Waals surface area contributed by atoms with E-state index in [2.05, 4.69) is 72.8 Å². The average molecular weight is 649 g/mol. The van der Waals surface area contributed by atoms with Crippen LogP contribution in [-0.2, 0) is 25.5 Å². The van der Waals surface area contributed by atoms with Crippen LogP contribution in [0.4, 0.5) is 0 Å². The van der Waals surface area contributed by atoms with Crippen LogP contribution < -0.4 is 16.0 Å². The molecule has 4 N–H and O–H groups in total. The highest BCUT2D eigenvalue weighted by Gasteiger charge is 2.48. The van der Waals surface area contributed by atoms with Crippen LogP contribution in [0.15, 0.2) is 30.1 Å². The zero-order chi connectivity index (χ0) is 34.4. The van der Waals surface area contributed by atoms with Gasteiger partial charge in [-0.15, -0.1) is 0 Å². The number of methoxy groups -OCH3 is 1. The predicted octanol–water partition coefficient (Wildman–Crippen LogP) is 5.27. The van der Waals surface area contributed by atoms with Gasteiger partial charge in [0.25, 0.3) is 0 Å². The Labute approximate surface area is 280 Å². The Balaban J connectivity index is 1.64. The quantitative estimate of drug-likeness (QED) is 0.150. The zero-order valence-electron chi connectivity index (χ0n) is 28.8. The number of esters is 2. The Hall–Kier alpha value is -5.05. The summed E-state index contributed by atoms with van der Waals surface area (Å²) in [6.07, 6.45) is 13.2. The number of aromatic amines is 3. The molecule has 3 atom stereocenters. The largest absolute Gasteiger partial charge is 0.468 e. The fraction of sp³-hybridized carbons (Fsp3) is 0.359. The number of hydrogen-bond donors (Lipinski definition) is 4. The fourth-order valence-electron chi connectivity index (χ4n) is 7.58. The van der Waals surface area contributed by atoms with Gasteiger partial charge in [0, 0.05) is 74.1 Å². The number of H-pyrrole nitrogens is 3. The van der Waals surface area contributed by atoms with E-state index < -0.39 is 11.9 Å². The number of nitrogens with one attached hydrogen (secondary N) is 4. The highest BCUT2D eigenvalue weighted by molar-refractivity contribution is 6.24. The minimum atomic E-state index is -1.13. The monoisotopic (exact) mass is 648 g/mol. The van der Waals surface area contributed by atoms with Crippen molar-refractivity contribution in [3.05, 3.63) is 97.0 Å². The Kier molecular flexibility index (Phi) is 8.81. The van der Waals surface area contributed by atoms with Crippen LogP contribution >= 0.6 is 0 Å². The number of hydrogen-bond acceptors (Lipinski definition) is 6. The number of rotatable bonds is 8. The van der Waals surface area contributed by atoms with Gasteiger partial charge in [-0.1, -0.05) is 38.7 Å². The topological polar surface area (TPSA) is 129 Å². The molecule has 9 nitrogen and oxygen atoms in total. The van der Waals surface area contributed by atoms with Crippen LogP contribution in [0.1, 0.15) is 94.6 Å². The zero-order valence-corrected chi connectivity index (χ0v) is 28.8. The maximum absolute atomic E-state index is 14.2. The summed E-state index contributed by atoms with van der Waals surface area (Å²) in [5, 5.41) is 5.59. The molecule has 0 radical (unpaired) electrons. The number of Topliss-reactive ketones (excluding diaryl/α,β-unsaturated/α-hetero) is 1. The molecule has 0 aromatic carbocycles. The summed E-state index contributed by atoms with van der Waals surface area (Å²) in [5.41, 5.74) is 11.2. The first-order valence-corrected chi connectivity index (χ1v) is 16.6. The number of carbonyl (C=O) groups is 3. The predicted molar refractivity (Wildman–Crippen MR) is 188 cm³/mol. The molecule has 250 valence electrons. The molecule has 3 aromatic heterocycles. The van der Waals surface area contributed by atoms with Gasteiger partial charge < -0.3 is 29.7 Å². The first-order valence-electron chi connectivity index (χ1n) is 16.6. The van der Waals surface area contributed by atoms with Gasteiger partial charge in [-0.25, -0.2) is 0 Å². The number of carbonyl (C=O) groups excluding carboxylic acids is 3. The average Bonchev–Trinajstić information content (AvgIpc) is 3.80. The van der Waals surface area contributed by atoms with Crippen molar-refractivity contribution in [3.8, 4) is 0 Å². The summed E-state index contributed by atoms with van der Waals surface area (Å²) in [5.74, 6) is -2.63. The van der Waals surface area contributed by atoms with Gasteiger partial charge in [-0.05, 0) is 81.0 Å². The molecule has 9 heteroatoms. The molecule has 1 aliphatic carbocycles. The lowest BCUT2D eigenvalue weighted by atomic mass is 9.85. The molecule has 3 aromatic rings. The van der Waals surface area contributed by atoms with Crippen molar-refractivity contribution < 1.29 is 23.9 Å². The molecule has 3 aliphatic rings. The summed E-state index contributed by atoms with van der Waals surface area (Å²) in [7, 11) is 1.31. The van der Waals surface area contributed by atoms with Crippen LogP contribution in [0.2, 0.25) is 0 Å². The van der Waals surface area contributed by atoms with E-state index in [0.717, 1.165) is 67.8 Å². The Morgan fingerprint density at radius 3 is 2.40 bits per heavy atom. The van der Waals surface area contributed by atoms with Crippen molar-refractivity contribution in [2.75, 3.05) is 13.7 Å². The van der Waals surface area contributed by atoms with Gasteiger partial charge in [-0.2, -0.15) is 0 Å². The molecule has 6 rings (SSSR count). The number of fused-ring (bicyclic) bond motifs is 7. The van der Waals surface area contributed by atoms with Crippen LogP contribution in [0.3, 0.4) is 0 Å². The summed E-state index contributed by atoms with van der Waals surface area (Å²) in [4.78, 5) is 51.2. The lowest BCUT2D eigenvalue weighted by molar-refractivity contribution is -0.143. The molecule has 1 fully saturated rings. The summed E-state index contributed by atoms with van der Waals surface area (Å²) >= 11 is 0. The molecule has 2 aliphatic heterocycles. The van der Waals surface area contributed by atoms with E-state index in [4.69, 9.17) is 9.47 Å². The summed E-state index contributed by atoms with van der Waals surface area (Å²) < 4.78 is 10.6. The second kappa shape index (κ2) is 12.9. The molecule has 0 spiro atoms. The second-order valence-corrected chi connectivity index (χ2v) is 12.9. The molecule has 0 saturated carbocycles. The third-order valence-corrected chi connectivity index (χ3v) is 10.3. The van der Waals surface area contributed by atoms with Crippen LogP contribution in [-0.4, -0.2) is 46.4 Å². The van der Waals surface area contributed by atoms with Crippen molar-refractivity contribution >= 4 is 47.6 Å². The van der Waals surface area contributed by atoms with Crippen LogP contribution in [0.5, 0.6) is 0 Å². The van der Waals surface area contributed by atoms with E-state index in [1.807, 2.05) is 26.0 Å². The fourth-order valence-corrected chi connectivity index (χ4v) is 7.58. The number of ether oxygens (including phenoxy) is 2. The highest BCUT2D eigenvalue weighted by atomic mass is 16.5. The Morgan fingerprint density at radius 2 is 1.71 bits per heavy atom. The standard InChI is InChI=1S/C39H44N4O5/c1-9-12-15-48-32(44)14-13-25-21(6)28-16-26-19(4)23(10-2)30(40-26)17-27-20(5)24(11-3)31(41-27)18-29-22(7)33-37(43-29)34(36(25)42-28)35(38(33)45)39(46)47-8/h9-10,12,16-18,21,25,35,40-43H,2,11,13-15H2,1,3-8H3/b12-9-,27-17-,28-16+,31-18-,36-34-/t21-,25-,35+/m0/s1. The Bertz CT molecular complexity index is 2080. The van der Waals surface area contributed by atoms with E-state index in [-0.39, 0.29) is 36.6 Å². The van der Waals surface area contributed by atoms with Gasteiger partial charge in [0.15, 0.2) is 5.78 Å². The molecule has 0 amide bonds. The molecular formula is C39H44N4O5. The molecule has 1 saturated heterocycles. The van der Waals surface area contributed by atoms with Gasteiger partial charge in [-0.3, -0.25) is 14.4 Å². The van der Waals surface area contributed by atoms with Crippen molar-refractivity contribution in [1.82, 2.24) is 20.3 Å². The molecule has 8 bridgehead atoms. The molecular weight excluding hydrogens is 604 g/mol. The SMILES string of the molecule is C=Cc1c2[nH]c(c1C)/C=C1/N/C(=C3\c4[nH]c(c(C)c4C(=O)[C@@H]3C(=O)OC)/C=c3\[nH]/c(c(C)c3CC)=C\2)[C@@H](CCC(=O)OC/C=C\C)[C@@H]1C. The van der Waals surface area contributed by atoms with E-state index in [0.29, 0.717) is 23.3 Å². The van der Waals surface area contributed by atoms with Crippen molar-refractivity contribution in [2.45, 2.75) is 60.8 Å². The second-order valence-electron chi connectivity index (χ2n) is 12.9. The number of aromatic nitrogens is 3. The Morgan fingerprint density at radius 1 is 0.979 bits per heavy atom. The van der Waals surface area contributed by atoms with Crippen molar-refractivity contribution in [2.24, 2.45) is 17.8 Å². The lowest BCUT2D eigenvalue weighted by Gasteiger charge is -2.19. The lowest BCUT2D eigenvalue weighted by Crippen LogP contribution is -2.25. The van der Waals surface area contributed by atoms with Gasteiger partial charge in [0.05, 0.1) is 12.8 Å². The van der Waals surface area contributed by atoms with E-state index in [1.165, 1.54) is 12.7 Å². The van der Waals surface area contributed by atoms with E-state index >= 15 is 0 Å². The third-order valence-electron chi connectivity index (χ3n) is 10.3. The molecule has 5 heterocycles. The van der Waals surface area contributed by atoms with Crippen molar-refractivity contribution in [3.63, 3.8) is 0 Å². The molecule has 0 unspecified atom stereocenters. The highest BCUT2D eigenvalue weighted by Crippen LogP contribution is 2.48. The first-order chi connectivity index (χ1) is 23.0. The van der Waals surface area contributed by atoms with Crippen LogP contribution in [0, 0.1) is 38.5 Å². The van der Waals surface area contributed by atoms with E-state index in [9.17, 15) is 14.4 Å². The minimum Gasteiger partial charge on any atom is -0.468 e. The first kappa shape index (κ1) is 32.9. The van der Waals surface area contributed by atoms with Crippen molar-refractivity contribution in [1.29, 1.82) is 0 Å². The van der Waals surface area contributed by atoms with Gasteiger partial charge in [0.1, 0.15) is 12.5 Å². The number of allylic oxidation sites excluding steroid dienone is 3. The molecule has 48 heavy (non-hydrogen) atoms. The smallest absolute Gasteiger partial charge is 0.321 e. The van der Waals surface area contributed by atoms with Gasteiger partial charge in [0.2, 0.25) is 0 Å². The normalized spacial score (nSPS) is 23.6. The maximum atomic E-state index is 14.2. The van der Waals surface area contributed by atoms with Gasteiger partial charge >= 0.3 is 11.9 Å². The summed E-state index contributed by atoms with van der Waals surface area (Å²) in [6.45, 7) is 16.5. The van der Waals surface area contributed by atoms with Crippen LogP contribution in [0.25, 0.3) is 29.9 Å². The third kappa shape index (κ3) is 5.31. The maximum Gasteiger partial charge on any atom is 0.321 e. The summed E-state index contributed by atoms with van der Waals surface area (Å²) in [6, 6.07) is 0. The number of ketones is 1. The van der Waals surface area contributed by atoms with E-state index in [1.54, 1.807) is 6.08 Å². The minimum absolute atomic E-state index is 0.0757.